The van der Waals surface area contributed by atoms with Gasteiger partial charge in [0.15, 0.2) is 0 Å². The zero-order valence-electron chi connectivity index (χ0n) is 23.8. The maximum Gasteiger partial charge on any atom is 0.325 e. The molecule has 13 nitrogen and oxygen atoms in total. The Bertz CT molecular complexity index is 1480. The summed E-state index contributed by atoms with van der Waals surface area (Å²) in [5.74, 6) is -4.67. The maximum absolute atomic E-state index is 13.3. The van der Waals surface area contributed by atoms with Gasteiger partial charge >= 0.3 is 11.9 Å². The molecule has 0 aliphatic rings. The third kappa shape index (κ3) is 11.0. The van der Waals surface area contributed by atoms with Gasteiger partial charge in [0.05, 0.1) is 17.8 Å². The first kappa shape index (κ1) is 32.9. The average Bonchev–Trinajstić information content (AvgIpc) is 2.99. The van der Waals surface area contributed by atoms with Crippen molar-refractivity contribution in [2.75, 3.05) is 0 Å². The van der Waals surface area contributed by atoms with Gasteiger partial charge in [-0.1, -0.05) is 42.5 Å². The lowest BCUT2D eigenvalue weighted by molar-refractivity contribution is -0.141. The highest BCUT2D eigenvalue weighted by Gasteiger charge is 2.29. The van der Waals surface area contributed by atoms with Crippen LogP contribution in [0.3, 0.4) is 0 Å². The Kier molecular flexibility index (Phi) is 12.1. The zero-order chi connectivity index (χ0) is 32.1. The van der Waals surface area contributed by atoms with Gasteiger partial charge in [-0.25, -0.2) is 0 Å². The average molecular weight is 604 g/mol. The van der Waals surface area contributed by atoms with Crippen molar-refractivity contribution in [3.63, 3.8) is 0 Å². The molecule has 0 spiro atoms. The summed E-state index contributed by atoms with van der Waals surface area (Å²) in [6, 6.07) is 17.9. The van der Waals surface area contributed by atoms with Crippen molar-refractivity contribution in [3.05, 3.63) is 90.0 Å². The summed E-state index contributed by atoms with van der Waals surface area (Å²) in [7, 11) is 0. The van der Waals surface area contributed by atoms with Crippen molar-refractivity contribution >= 4 is 41.0 Å². The number of azo groups is 1. The van der Waals surface area contributed by atoms with Crippen molar-refractivity contribution in [2.45, 2.75) is 50.7 Å². The Morgan fingerprint density at radius 3 is 1.86 bits per heavy atom. The predicted octanol–water partition coefficient (Wildman–Crippen LogP) is 3.02. The Labute approximate surface area is 253 Å². The van der Waals surface area contributed by atoms with Gasteiger partial charge in [-0.2, -0.15) is 10.2 Å². The lowest BCUT2D eigenvalue weighted by Gasteiger charge is -2.24. The van der Waals surface area contributed by atoms with Crippen LogP contribution in [0.1, 0.15) is 30.9 Å². The number of nitrogens with zero attached hydrogens (tertiary/aromatic N) is 2. The van der Waals surface area contributed by atoms with E-state index < -0.39 is 54.2 Å². The number of aliphatic carboxylic acids is 2. The number of carboxylic acid groups (broad SMARTS) is 2. The molecule has 0 aliphatic heterocycles. The highest BCUT2D eigenvalue weighted by atomic mass is 16.4. The molecular formula is C31H33N5O8. The second kappa shape index (κ2) is 16.2. The van der Waals surface area contributed by atoms with Crippen molar-refractivity contribution in [1.29, 1.82) is 0 Å². The molecular weight excluding hydrogens is 570 g/mol. The van der Waals surface area contributed by atoms with Crippen LogP contribution < -0.4 is 16.0 Å². The molecule has 3 amide bonds. The van der Waals surface area contributed by atoms with E-state index in [0.29, 0.717) is 22.5 Å². The van der Waals surface area contributed by atoms with E-state index in [0.717, 1.165) is 0 Å². The van der Waals surface area contributed by atoms with E-state index >= 15 is 0 Å². The summed E-state index contributed by atoms with van der Waals surface area (Å²) in [5, 5.41) is 43.6. The number of amides is 3. The van der Waals surface area contributed by atoms with Gasteiger partial charge in [-0.15, -0.1) is 0 Å². The number of carboxylic acids is 2. The summed E-state index contributed by atoms with van der Waals surface area (Å²) >= 11 is 0. The summed E-state index contributed by atoms with van der Waals surface area (Å²) in [4.78, 5) is 61.6. The maximum atomic E-state index is 13.3. The van der Waals surface area contributed by atoms with Crippen LogP contribution in [0.4, 0.5) is 11.4 Å². The molecule has 230 valence electrons. The summed E-state index contributed by atoms with van der Waals surface area (Å²) in [6.45, 7) is 1.26. The van der Waals surface area contributed by atoms with E-state index in [9.17, 15) is 39.3 Å². The van der Waals surface area contributed by atoms with Crippen LogP contribution in [0.2, 0.25) is 0 Å². The fraction of sp³-hybridized carbons (Fsp3) is 0.258. The van der Waals surface area contributed by atoms with Crippen LogP contribution in [-0.2, 0) is 36.8 Å². The second-order valence-electron chi connectivity index (χ2n) is 9.93. The van der Waals surface area contributed by atoms with Crippen LogP contribution in [-0.4, -0.2) is 63.1 Å². The molecule has 3 atom stereocenters. The predicted molar refractivity (Wildman–Crippen MR) is 159 cm³/mol. The van der Waals surface area contributed by atoms with E-state index in [1.165, 1.54) is 31.2 Å². The number of aromatic hydroxyl groups is 1. The summed E-state index contributed by atoms with van der Waals surface area (Å²) < 4.78 is 0. The number of hydrogen-bond donors (Lipinski definition) is 6. The number of nitrogens with one attached hydrogen (secondary N) is 3. The minimum absolute atomic E-state index is 0.0130. The van der Waals surface area contributed by atoms with Crippen LogP contribution in [0.25, 0.3) is 0 Å². The van der Waals surface area contributed by atoms with Crippen LogP contribution in [0, 0.1) is 0 Å². The van der Waals surface area contributed by atoms with Gasteiger partial charge in [0, 0.05) is 12.8 Å². The molecule has 0 aliphatic carbocycles. The third-order valence-electron chi connectivity index (χ3n) is 6.38. The number of phenolic OH excluding ortho intramolecular Hbond substituents is 1. The Balaban J connectivity index is 1.69. The van der Waals surface area contributed by atoms with Crippen molar-refractivity contribution < 1.29 is 39.3 Å². The monoisotopic (exact) mass is 603 g/mol. The lowest BCUT2D eigenvalue weighted by atomic mass is 10.0. The first-order valence-electron chi connectivity index (χ1n) is 13.7. The number of hydrogen-bond acceptors (Lipinski definition) is 8. The van der Waals surface area contributed by atoms with Crippen LogP contribution in [0.5, 0.6) is 5.75 Å². The zero-order valence-corrected chi connectivity index (χ0v) is 23.8. The van der Waals surface area contributed by atoms with Crippen molar-refractivity contribution in [2.24, 2.45) is 10.2 Å². The van der Waals surface area contributed by atoms with Gasteiger partial charge in [0.25, 0.3) is 0 Å². The van der Waals surface area contributed by atoms with Crippen LogP contribution >= 0.6 is 0 Å². The van der Waals surface area contributed by atoms with E-state index in [1.807, 2.05) is 18.2 Å². The molecule has 0 radical (unpaired) electrons. The topological polar surface area (TPSA) is 207 Å². The fourth-order valence-corrected chi connectivity index (χ4v) is 3.98. The number of carbonyl (C=O) groups excluding carboxylic acids is 3. The van der Waals surface area contributed by atoms with Crippen molar-refractivity contribution in [3.8, 4) is 5.75 Å². The van der Waals surface area contributed by atoms with E-state index in [4.69, 9.17) is 0 Å². The Morgan fingerprint density at radius 2 is 1.27 bits per heavy atom. The van der Waals surface area contributed by atoms with Gasteiger partial charge in [-0.05, 0) is 60.9 Å². The lowest BCUT2D eigenvalue weighted by Crippen LogP contribution is -2.56. The number of carbonyl (C=O) groups is 5. The number of benzene rings is 3. The summed E-state index contributed by atoms with van der Waals surface area (Å²) in [5.41, 5.74) is 2.39. The molecule has 6 N–H and O–H groups in total. The molecule has 0 saturated carbocycles. The summed E-state index contributed by atoms with van der Waals surface area (Å²) in [6.07, 6.45) is -0.895. The van der Waals surface area contributed by atoms with Gasteiger partial charge in [0.2, 0.25) is 17.7 Å². The molecule has 44 heavy (non-hydrogen) atoms. The molecule has 3 rings (SSSR count). The van der Waals surface area contributed by atoms with Gasteiger partial charge in [0.1, 0.15) is 23.9 Å². The third-order valence-corrected chi connectivity index (χ3v) is 6.38. The molecule has 3 aromatic carbocycles. The van der Waals surface area contributed by atoms with E-state index in [2.05, 4.69) is 26.2 Å². The fourth-order valence-electron chi connectivity index (χ4n) is 3.98. The van der Waals surface area contributed by atoms with Gasteiger partial charge in [-0.3, -0.25) is 24.0 Å². The quantitative estimate of drug-likeness (QED) is 0.142. The van der Waals surface area contributed by atoms with E-state index in [-0.39, 0.29) is 25.0 Å². The number of phenols is 1. The van der Waals surface area contributed by atoms with Crippen LogP contribution in [0.15, 0.2) is 89.1 Å². The first-order valence-corrected chi connectivity index (χ1v) is 13.7. The second-order valence-corrected chi connectivity index (χ2v) is 9.93. The molecule has 0 fully saturated rings. The molecule has 0 heterocycles. The molecule has 0 bridgehead atoms. The smallest absolute Gasteiger partial charge is 0.325 e. The molecule has 0 unspecified atom stereocenters. The van der Waals surface area contributed by atoms with Gasteiger partial charge < -0.3 is 31.3 Å². The largest absolute Gasteiger partial charge is 0.508 e. The minimum Gasteiger partial charge on any atom is -0.508 e. The molecule has 3 aromatic rings. The Hall–Kier alpha value is -5.59. The van der Waals surface area contributed by atoms with Crippen molar-refractivity contribution in [1.82, 2.24) is 16.0 Å². The Morgan fingerprint density at radius 1 is 0.705 bits per heavy atom. The first-order chi connectivity index (χ1) is 21.0. The molecule has 0 saturated heterocycles. The SMILES string of the molecule is C[C@H](NC(=O)[C@H](Cc1ccc(O)cc1)NC(=O)[C@H](CCC(=O)O)NC(=O)Cc1ccc(N=Nc2ccccc2)cc1)C(=O)O. The molecule has 13 heteroatoms. The standard InChI is InChI=1S/C31H33N5O8/c1-19(31(43)44)32-30(42)26(17-20-9-13-24(37)14-10-20)34-29(41)25(15-16-28(39)40)33-27(38)18-21-7-11-23(12-8-21)36-35-22-5-3-2-4-6-22/h2-14,19,25-26,37H,15-18H2,1H3,(H,32,42)(H,33,38)(H,34,41)(H,39,40)(H,43,44)/t19-,25-,26-/m0/s1. The normalized spacial score (nSPS) is 12.9. The highest BCUT2D eigenvalue weighted by molar-refractivity contribution is 5.94. The van der Waals surface area contributed by atoms with E-state index in [1.54, 1.807) is 36.4 Å². The molecule has 0 aromatic heterocycles. The highest BCUT2D eigenvalue weighted by Crippen LogP contribution is 2.18. The number of rotatable bonds is 15. The minimum atomic E-state index is -1.30.